The molecule has 0 spiro atoms. The van der Waals surface area contributed by atoms with E-state index in [1.807, 2.05) is 0 Å². The van der Waals surface area contributed by atoms with Crippen LogP contribution in [0.4, 0.5) is 4.39 Å². The third-order valence-corrected chi connectivity index (χ3v) is 5.43. The van der Waals surface area contributed by atoms with Crippen LogP contribution in [0.5, 0.6) is 0 Å². The van der Waals surface area contributed by atoms with E-state index >= 15 is 0 Å². The van der Waals surface area contributed by atoms with Crippen molar-refractivity contribution in [3.8, 4) is 0 Å². The van der Waals surface area contributed by atoms with Crippen LogP contribution in [-0.2, 0) is 26.1 Å². The van der Waals surface area contributed by atoms with Gasteiger partial charge in [0.05, 0.1) is 24.2 Å². The Labute approximate surface area is 151 Å². The predicted octanol–water partition coefficient (Wildman–Crippen LogP) is 1.76. The highest BCUT2D eigenvalue weighted by Crippen LogP contribution is 2.16. The molecule has 7 nitrogen and oxygen atoms in total. The number of carbonyl (C=O) groups excluding carboxylic acids is 1. The van der Waals surface area contributed by atoms with E-state index in [4.69, 9.17) is 9.15 Å². The van der Waals surface area contributed by atoms with E-state index in [0.29, 0.717) is 18.8 Å². The van der Waals surface area contributed by atoms with Gasteiger partial charge in [-0.15, -0.1) is 0 Å². The number of carbonyl (C=O) groups is 1. The largest absolute Gasteiger partial charge is 0.467 e. The minimum absolute atomic E-state index is 0.0739. The first kappa shape index (κ1) is 20.1. The van der Waals surface area contributed by atoms with Crippen LogP contribution in [0.15, 0.2) is 52.0 Å². The van der Waals surface area contributed by atoms with Crippen molar-refractivity contribution in [3.05, 3.63) is 54.2 Å². The second kappa shape index (κ2) is 9.46. The summed E-state index contributed by atoms with van der Waals surface area (Å²) in [6, 6.07) is 7.88. The van der Waals surface area contributed by atoms with Gasteiger partial charge in [0.25, 0.3) is 0 Å². The molecule has 2 rings (SSSR count). The van der Waals surface area contributed by atoms with Gasteiger partial charge in [-0.1, -0.05) is 0 Å². The van der Waals surface area contributed by atoms with Gasteiger partial charge in [-0.25, -0.2) is 12.8 Å². The summed E-state index contributed by atoms with van der Waals surface area (Å²) in [6.07, 6.45) is 1.90. The Morgan fingerprint density at radius 3 is 2.62 bits per heavy atom. The van der Waals surface area contributed by atoms with Crippen LogP contribution >= 0.6 is 0 Å². The second-order valence-corrected chi connectivity index (χ2v) is 7.43. The fourth-order valence-corrected chi connectivity index (χ4v) is 3.67. The van der Waals surface area contributed by atoms with Crippen LogP contribution in [0.25, 0.3) is 0 Å². The number of benzene rings is 1. The molecule has 142 valence electrons. The third kappa shape index (κ3) is 5.65. The quantitative estimate of drug-likeness (QED) is 0.631. The van der Waals surface area contributed by atoms with Gasteiger partial charge >= 0.3 is 0 Å². The molecular formula is C17H21FN2O5S. The number of hydrogen-bond donors (Lipinski definition) is 1. The first-order chi connectivity index (χ1) is 12.4. The Kier molecular flexibility index (Phi) is 7.31. The fourth-order valence-electron chi connectivity index (χ4n) is 2.24. The highest BCUT2D eigenvalue weighted by atomic mass is 32.2. The molecule has 0 radical (unpaired) electrons. The highest BCUT2D eigenvalue weighted by molar-refractivity contribution is 7.89. The van der Waals surface area contributed by atoms with Gasteiger partial charge in [0.15, 0.2) is 0 Å². The third-order valence-electron chi connectivity index (χ3n) is 3.57. The van der Waals surface area contributed by atoms with E-state index in [1.54, 1.807) is 12.1 Å². The summed E-state index contributed by atoms with van der Waals surface area (Å²) < 4.78 is 49.7. The number of rotatable bonds is 10. The summed E-state index contributed by atoms with van der Waals surface area (Å²) in [5.41, 5.74) is 0. The maximum absolute atomic E-state index is 13.1. The zero-order valence-corrected chi connectivity index (χ0v) is 15.2. The van der Waals surface area contributed by atoms with Gasteiger partial charge in [-0.05, 0) is 42.8 Å². The molecule has 1 amide bonds. The molecule has 26 heavy (non-hydrogen) atoms. The molecule has 2 aromatic rings. The van der Waals surface area contributed by atoms with Gasteiger partial charge in [0.1, 0.15) is 11.6 Å². The van der Waals surface area contributed by atoms with Crippen molar-refractivity contribution < 1.29 is 26.8 Å². The van der Waals surface area contributed by atoms with Crippen molar-refractivity contribution in [3.63, 3.8) is 0 Å². The van der Waals surface area contributed by atoms with Crippen LogP contribution in [0.3, 0.4) is 0 Å². The second-order valence-electron chi connectivity index (χ2n) is 5.49. The minimum atomic E-state index is -3.94. The maximum atomic E-state index is 13.1. The summed E-state index contributed by atoms with van der Waals surface area (Å²) in [5, 5.41) is 2.61. The molecular weight excluding hydrogens is 363 g/mol. The smallest absolute Gasteiger partial charge is 0.243 e. The molecule has 0 saturated heterocycles. The summed E-state index contributed by atoms with van der Waals surface area (Å²) in [7, 11) is -2.43. The SMILES string of the molecule is COCCCN(CC(=O)NCc1ccco1)S(=O)(=O)c1ccc(F)cc1. The molecule has 0 aliphatic heterocycles. The first-order valence-electron chi connectivity index (χ1n) is 7.97. The molecule has 0 unspecified atom stereocenters. The van der Waals surface area contributed by atoms with E-state index in [-0.39, 0.29) is 24.5 Å². The number of hydrogen-bond acceptors (Lipinski definition) is 5. The van der Waals surface area contributed by atoms with Gasteiger partial charge < -0.3 is 14.5 Å². The summed E-state index contributed by atoms with van der Waals surface area (Å²) in [6.45, 7) is 0.254. The van der Waals surface area contributed by atoms with Gasteiger partial charge in [-0.3, -0.25) is 4.79 Å². The monoisotopic (exact) mass is 384 g/mol. The number of ether oxygens (including phenoxy) is 1. The zero-order valence-electron chi connectivity index (χ0n) is 14.4. The Hall–Kier alpha value is -2.23. The van der Waals surface area contributed by atoms with E-state index in [9.17, 15) is 17.6 Å². The fraction of sp³-hybridized carbons (Fsp3) is 0.353. The number of methoxy groups -OCH3 is 1. The summed E-state index contributed by atoms with van der Waals surface area (Å²) >= 11 is 0. The molecule has 0 aliphatic rings. The molecule has 1 N–H and O–H groups in total. The first-order valence-corrected chi connectivity index (χ1v) is 9.41. The number of furan rings is 1. The highest BCUT2D eigenvalue weighted by Gasteiger charge is 2.26. The Bertz CT molecular complexity index is 791. The number of sulfonamides is 1. The van der Waals surface area contributed by atoms with Gasteiger partial charge in [-0.2, -0.15) is 4.31 Å². The van der Waals surface area contributed by atoms with Gasteiger partial charge in [0.2, 0.25) is 15.9 Å². The van der Waals surface area contributed by atoms with Crippen molar-refractivity contribution in [1.29, 1.82) is 0 Å². The topological polar surface area (TPSA) is 88.8 Å². The van der Waals surface area contributed by atoms with Crippen LogP contribution < -0.4 is 5.32 Å². The summed E-state index contributed by atoms with van der Waals surface area (Å²) in [5.74, 6) is -0.443. The number of nitrogens with one attached hydrogen (secondary N) is 1. The Morgan fingerprint density at radius 1 is 1.27 bits per heavy atom. The molecule has 0 saturated carbocycles. The van der Waals surface area contributed by atoms with E-state index in [1.165, 1.54) is 25.5 Å². The van der Waals surface area contributed by atoms with E-state index in [2.05, 4.69) is 5.32 Å². The zero-order chi connectivity index (χ0) is 19.0. The lowest BCUT2D eigenvalue weighted by atomic mass is 10.4. The Morgan fingerprint density at radius 2 is 2.00 bits per heavy atom. The normalized spacial score (nSPS) is 11.7. The molecule has 0 atom stereocenters. The van der Waals surface area contributed by atoms with E-state index in [0.717, 1.165) is 16.4 Å². The van der Waals surface area contributed by atoms with Gasteiger partial charge in [0, 0.05) is 20.3 Å². The molecule has 0 fully saturated rings. The summed E-state index contributed by atoms with van der Waals surface area (Å²) in [4.78, 5) is 12.1. The average molecular weight is 384 g/mol. The molecule has 9 heteroatoms. The lowest BCUT2D eigenvalue weighted by molar-refractivity contribution is -0.121. The Balaban J connectivity index is 2.08. The van der Waals surface area contributed by atoms with Crippen molar-refractivity contribution in [1.82, 2.24) is 9.62 Å². The number of amides is 1. The lowest BCUT2D eigenvalue weighted by Gasteiger charge is -2.21. The average Bonchev–Trinajstić information content (AvgIpc) is 3.13. The van der Waals surface area contributed by atoms with Crippen LogP contribution in [0.2, 0.25) is 0 Å². The van der Waals surface area contributed by atoms with Crippen LogP contribution in [0, 0.1) is 5.82 Å². The van der Waals surface area contributed by atoms with Crippen molar-refractivity contribution >= 4 is 15.9 Å². The lowest BCUT2D eigenvalue weighted by Crippen LogP contribution is -2.41. The van der Waals surface area contributed by atoms with E-state index < -0.39 is 21.7 Å². The maximum Gasteiger partial charge on any atom is 0.243 e. The molecule has 1 aromatic carbocycles. The van der Waals surface area contributed by atoms with Crippen LogP contribution in [-0.4, -0.2) is 45.4 Å². The van der Waals surface area contributed by atoms with Crippen molar-refractivity contribution in [2.45, 2.75) is 17.9 Å². The molecule has 0 aliphatic carbocycles. The number of nitrogens with zero attached hydrogens (tertiary/aromatic N) is 1. The van der Waals surface area contributed by atoms with Crippen molar-refractivity contribution in [2.75, 3.05) is 26.8 Å². The van der Waals surface area contributed by atoms with Crippen molar-refractivity contribution in [2.24, 2.45) is 0 Å². The minimum Gasteiger partial charge on any atom is -0.467 e. The van der Waals surface area contributed by atoms with Crippen LogP contribution in [0.1, 0.15) is 12.2 Å². The standard InChI is InChI=1S/C17H21FN2O5S/c1-24-10-3-9-20(13-17(21)19-12-15-4-2-11-25-15)26(22,23)16-7-5-14(18)6-8-16/h2,4-8,11H,3,9-10,12-13H2,1H3,(H,19,21). The predicted molar refractivity (Wildman–Crippen MR) is 92.2 cm³/mol. The number of halogens is 1. The molecule has 1 aromatic heterocycles. The molecule has 0 bridgehead atoms. The molecule has 1 heterocycles.